The van der Waals surface area contributed by atoms with Crippen LogP contribution < -0.4 is 0 Å². The number of alkyl halides is 22. The lowest BCUT2D eigenvalue weighted by molar-refractivity contribution is -0.496. The number of carbonyl (C=O) groups is 1. The summed E-state index contributed by atoms with van der Waals surface area (Å²) in [5, 5.41) is 0. The fourth-order valence-electron chi connectivity index (χ4n) is 2.21. The summed E-state index contributed by atoms with van der Waals surface area (Å²) in [6.45, 7) is 0. The highest BCUT2D eigenvalue weighted by Crippen LogP contribution is 2.68. The van der Waals surface area contributed by atoms with Crippen molar-refractivity contribution in [2.24, 2.45) is 0 Å². The van der Waals surface area contributed by atoms with Crippen LogP contribution in [0.4, 0.5) is 96.6 Å². The SMILES string of the molecule is O=C1OC(F)(C(F)(F)C(F)(F)C(F)(F)C(F)(F)C(F)(F)C(F)(F)C(F)(F)F)C(F)(F)C(F)(F)C1(F)F. The van der Waals surface area contributed by atoms with Crippen LogP contribution in [-0.4, -0.2) is 71.3 Å². The number of esters is 1. The first-order chi connectivity index (χ1) is 15.1. The first-order valence-corrected chi connectivity index (χ1v) is 7.52. The van der Waals surface area contributed by atoms with Crippen LogP contribution in [-0.2, 0) is 9.53 Å². The Morgan fingerprint density at radius 3 is 1.11 bits per heavy atom. The third-order valence-electron chi connectivity index (χ3n) is 4.41. The van der Waals surface area contributed by atoms with Crippen molar-refractivity contribution in [1.82, 2.24) is 0 Å². The minimum Gasteiger partial charge on any atom is -0.412 e. The Bertz CT molecular complexity index is 897. The van der Waals surface area contributed by atoms with Crippen LogP contribution in [0.3, 0.4) is 0 Å². The zero-order valence-electron chi connectivity index (χ0n) is 15.1. The molecule has 0 aliphatic carbocycles. The molecule has 1 unspecified atom stereocenters. The van der Waals surface area contributed by atoms with Gasteiger partial charge in [0.2, 0.25) is 0 Å². The van der Waals surface area contributed by atoms with Gasteiger partial charge in [-0.3, -0.25) is 0 Å². The second-order valence-electron chi connectivity index (χ2n) is 6.65. The second-order valence-corrected chi connectivity index (χ2v) is 6.65. The normalized spacial score (nSPS) is 26.0. The molecule has 0 bridgehead atoms. The standard InChI is InChI=1S/C12F22O2/c13-2(14)1(35)36-11(31,8(25,26)3(2,15)16)9(27,28)6(21,22)4(17,18)5(19,20)7(23,24)10(29,30)12(32,33)34. The number of halogens is 22. The highest BCUT2D eigenvalue weighted by atomic mass is 19.4. The third-order valence-corrected chi connectivity index (χ3v) is 4.41. The molecule has 1 saturated heterocycles. The molecule has 0 aromatic heterocycles. The highest BCUT2D eigenvalue weighted by molar-refractivity contribution is 5.81. The van der Waals surface area contributed by atoms with Gasteiger partial charge in [-0.25, -0.2) is 4.79 Å². The molecule has 0 saturated carbocycles. The zero-order chi connectivity index (χ0) is 29.8. The van der Waals surface area contributed by atoms with Crippen LogP contribution in [0.2, 0.25) is 0 Å². The Morgan fingerprint density at radius 1 is 0.472 bits per heavy atom. The molecule has 1 fully saturated rings. The van der Waals surface area contributed by atoms with E-state index in [9.17, 15) is 101 Å². The van der Waals surface area contributed by atoms with Crippen molar-refractivity contribution in [1.29, 1.82) is 0 Å². The van der Waals surface area contributed by atoms with Crippen LogP contribution in [0.15, 0.2) is 0 Å². The molecular weight excluding hydrogens is 594 g/mol. The first-order valence-electron chi connectivity index (χ1n) is 7.52. The lowest BCUT2D eigenvalue weighted by Gasteiger charge is -2.49. The fourth-order valence-corrected chi connectivity index (χ4v) is 2.21. The predicted molar refractivity (Wildman–Crippen MR) is 60.5 cm³/mol. The van der Waals surface area contributed by atoms with Crippen LogP contribution in [0.5, 0.6) is 0 Å². The van der Waals surface area contributed by atoms with Crippen LogP contribution in [0.1, 0.15) is 0 Å². The number of hydrogen-bond donors (Lipinski definition) is 0. The van der Waals surface area contributed by atoms with E-state index in [1.165, 1.54) is 0 Å². The van der Waals surface area contributed by atoms with Crippen molar-refractivity contribution in [3.63, 3.8) is 0 Å². The Labute approximate surface area is 179 Å². The van der Waals surface area contributed by atoms with Crippen molar-refractivity contribution < 1.29 is 106 Å². The van der Waals surface area contributed by atoms with Crippen molar-refractivity contribution >= 4 is 5.97 Å². The maximum atomic E-state index is 14.0. The second kappa shape index (κ2) is 7.28. The molecule has 1 heterocycles. The van der Waals surface area contributed by atoms with Crippen LogP contribution >= 0.6 is 0 Å². The molecule has 0 spiro atoms. The lowest BCUT2D eigenvalue weighted by Crippen LogP contribution is -2.82. The molecule has 1 aliphatic rings. The van der Waals surface area contributed by atoms with Gasteiger partial charge >= 0.3 is 71.3 Å². The van der Waals surface area contributed by atoms with E-state index in [1.54, 1.807) is 4.74 Å². The first kappa shape index (κ1) is 32.0. The maximum absolute atomic E-state index is 14.0. The molecule has 2 nitrogen and oxygen atoms in total. The summed E-state index contributed by atoms with van der Waals surface area (Å²) < 4.78 is 290. The molecule has 1 atom stereocenters. The Balaban J connectivity index is 3.92. The van der Waals surface area contributed by atoms with E-state index in [4.69, 9.17) is 0 Å². The molecule has 0 aromatic carbocycles. The van der Waals surface area contributed by atoms with Gasteiger partial charge in [-0.05, 0) is 0 Å². The van der Waals surface area contributed by atoms with Gasteiger partial charge in [-0.2, -0.15) is 96.6 Å². The summed E-state index contributed by atoms with van der Waals surface area (Å²) in [4.78, 5) is 10.6. The molecule has 0 radical (unpaired) electrons. The van der Waals surface area contributed by atoms with Crippen molar-refractivity contribution in [3.05, 3.63) is 0 Å². The fraction of sp³-hybridized carbons (Fsp3) is 0.917. The Morgan fingerprint density at radius 2 is 0.778 bits per heavy atom. The van der Waals surface area contributed by atoms with Crippen LogP contribution in [0, 0.1) is 0 Å². The van der Waals surface area contributed by atoms with E-state index in [1.807, 2.05) is 0 Å². The number of hydrogen-bond acceptors (Lipinski definition) is 2. The topological polar surface area (TPSA) is 26.3 Å². The molecule has 0 amide bonds. The van der Waals surface area contributed by atoms with Gasteiger partial charge in [0.05, 0.1) is 0 Å². The molecule has 24 heteroatoms. The van der Waals surface area contributed by atoms with Gasteiger partial charge in [0.25, 0.3) is 0 Å². The summed E-state index contributed by atoms with van der Waals surface area (Å²) in [6, 6.07) is 0. The van der Waals surface area contributed by atoms with E-state index < -0.39 is 71.3 Å². The largest absolute Gasteiger partial charge is 0.460 e. The van der Waals surface area contributed by atoms with Gasteiger partial charge in [-0.1, -0.05) is 0 Å². The average molecular weight is 594 g/mol. The van der Waals surface area contributed by atoms with E-state index in [0.717, 1.165) is 0 Å². The summed E-state index contributed by atoms with van der Waals surface area (Å²) >= 11 is 0. The summed E-state index contributed by atoms with van der Waals surface area (Å²) in [5.74, 6) is -90.5. The molecule has 36 heavy (non-hydrogen) atoms. The molecule has 0 aromatic rings. The smallest absolute Gasteiger partial charge is 0.412 e. The summed E-state index contributed by atoms with van der Waals surface area (Å²) in [5.41, 5.74) is 0. The van der Waals surface area contributed by atoms with Gasteiger partial charge in [0.1, 0.15) is 0 Å². The molecule has 214 valence electrons. The summed E-state index contributed by atoms with van der Waals surface area (Å²) in [6.07, 6.45) is -8.06. The monoisotopic (exact) mass is 594 g/mol. The highest BCUT2D eigenvalue weighted by Gasteiger charge is 3.01. The van der Waals surface area contributed by atoms with E-state index in [2.05, 4.69) is 0 Å². The van der Waals surface area contributed by atoms with Gasteiger partial charge < -0.3 is 4.74 Å². The maximum Gasteiger partial charge on any atom is 0.460 e. The molecular formula is C12F22O2. The zero-order valence-corrected chi connectivity index (χ0v) is 15.1. The minimum atomic E-state index is -9.27. The lowest BCUT2D eigenvalue weighted by atomic mass is 9.83. The molecule has 0 N–H and O–H groups in total. The number of ether oxygens (including phenoxy) is 1. The predicted octanol–water partition coefficient (Wildman–Crippen LogP) is 6.49. The quantitative estimate of drug-likeness (QED) is 0.260. The Hall–Kier alpha value is -2.07. The van der Waals surface area contributed by atoms with E-state index >= 15 is 0 Å². The Kier molecular flexibility index (Phi) is 6.46. The van der Waals surface area contributed by atoms with Gasteiger partial charge in [0.15, 0.2) is 0 Å². The van der Waals surface area contributed by atoms with Gasteiger partial charge in [0, 0.05) is 0 Å². The number of rotatable bonds is 6. The van der Waals surface area contributed by atoms with E-state index in [0.29, 0.717) is 0 Å². The van der Waals surface area contributed by atoms with Gasteiger partial charge in [-0.15, -0.1) is 0 Å². The summed E-state index contributed by atoms with van der Waals surface area (Å²) in [7, 11) is 0. The number of cyclic esters (lactones) is 1. The molecule has 1 aliphatic heterocycles. The van der Waals surface area contributed by atoms with Crippen molar-refractivity contribution in [3.8, 4) is 0 Å². The van der Waals surface area contributed by atoms with Crippen molar-refractivity contribution in [2.45, 2.75) is 65.3 Å². The third kappa shape index (κ3) is 3.12. The minimum absolute atomic E-state index is 1.70. The van der Waals surface area contributed by atoms with Crippen molar-refractivity contribution in [2.75, 3.05) is 0 Å². The average Bonchev–Trinajstić information content (AvgIpc) is 2.64. The van der Waals surface area contributed by atoms with Crippen LogP contribution in [0.25, 0.3) is 0 Å². The van der Waals surface area contributed by atoms with E-state index in [-0.39, 0.29) is 0 Å². The number of carbonyl (C=O) groups excluding carboxylic acids is 1. The molecule has 1 rings (SSSR count).